The molecule has 0 aliphatic heterocycles. The monoisotopic (exact) mass is 219 g/mol. The van der Waals surface area contributed by atoms with E-state index in [1.54, 1.807) is 0 Å². The van der Waals surface area contributed by atoms with Gasteiger partial charge in [-0.05, 0) is 20.8 Å². The summed E-state index contributed by atoms with van der Waals surface area (Å²) < 4.78 is 15.9. The van der Waals surface area contributed by atoms with E-state index in [2.05, 4.69) is 5.32 Å². The Hall–Kier alpha value is -0.160. The van der Waals surface area contributed by atoms with Crippen molar-refractivity contribution in [3.63, 3.8) is 0 Å². The van der Waals surface area contributed by atoms with Gasteiger partial charge in [-0.15, -0.1) is 0 Å². The molecule has 4 nitrogen and oxygen atoms in total. The average molecular weight is 219 g/mol. The van der Waals surface area contributed by atoms with E-state index in [1.807, 2.05) is 20.8 Å². The van der Waals surface area contributed by atoms with Crippen LogP contribution in [0.5, 0.6) is 0 Å². The van der Waals surface area contributed by atoms with Crippen molar-refractivity contribution >= 4 is 0 Å². The van der Waals surface area contributed by atoms with Gasteiger partial charge in [0, 0.05) is 19.7 Å². The molecule has 0 aliphatic rings. The van der Waals surface area contributed by atoms with Crippen LogP contribution >= 0.6 is 0 Å². The van der Waals surface area contributed by atoms with E-state index >= 15 is 0 Å². The van der Waals surface area contributed by atoms with Crippen molar-refractivity contribution in [1.29, 1.82) is 0 Å². The van der Waals surface area contributed by atoms with Gasteiger partial charge < -0.3 is 19.5 Å². The molecule has 0 aromatic rings. The fraction of sp³-hybridized carbons (Fsp3) is 1.00. The molecule has 0 atom stereocenters. The van der Waals surface area contributed by atoms with Gasteiger partial charge in [0.15, 0.2) is 0 Å². The minimum atomic E-state index is 0.290. The second kappa shape index (κ2) is 11.9. The zero-order valence-electron chi connectivity index (χ0n) is 10.3. The van der Waals surface area contributed by atoms with Gasteiger partial charge in [0.2, 0.25) is 0 Å². The lowest BCUT2D eigenvalue weighted by atomic mass is 10.5. The highest BCUT2D eigenvalue weighted by Crippen LogP contribution is 1.86. The Morgan fingerprint density at radius 1 is 0.933 bits per heavy atom. The van der Waals surface area contributed by atoms with Crippen LogP contribution in [0.4, 0.5) is 0 Å². The molecule has 0 saturated heterocycles. The van der Waals surface area contributed by atoms with Crippen molar-refractivity contribution < 1.29 is 14.2 Å². The predicted molar refractivity (Wildman–Crippen MR) is 61.3 cm³/mol. The molecule has 92 valence electrons. The third kappa shape index (κ3) is 13.8. The van der Waals surface area contributed by atoms with E-state index in [1.165, 1.54) is 0 Å². The van der Waals surface area contributed by atoms with Crippen LogP contribution in [0.3, 0.4) is 0 Å². The third-order valence-electron chi connectivity index (χ3n) is 1.73. The number of hydrogen-bond acceptors (Lipinski definition) is 4. The first-order valence-corrected chi connectivity index (χ1v) is 5.75. The fourth-order valence-corrected chi connectivity index (χ4v) is 1.00. The number of hydrogen-bond donors (Lipinski definition) is 1. The summed E-state index contributed by atoms with van der Waals surface area (Å²) in [6, 6.07) is 0. The second-order valence-corrected chi connectivity index (χ2v) is 3.48. The SMILES string of the molecule is CCOCCNCCOCCOC(C)C. The molecule has 0 spiro atoms. The molecular formula is C11H25NO3. The molecule has 1 N–H and O–H groups in total. The van der Waals surface area contributed by atoms with Crippen molar-refractivity contribution in [2.75, 3.05) is 46.1 Å². The minimum absolute atomic E-state index is 0.290. The molecule has 15 heavy (non-hydrogen) atoms. The topological polar surface area (TPSA) is 39.7 Å². The molecular weight excluding hydrogens is 194 g/mol. The summed E-state index contributed by atoms with van der Waals surface area (Å²) >= 11 is 0. The highest BCUT2D eigenvalue weighted by atomic mass is 16.5. The summed E-state index contributed by atoms with van der Waals surface area (Å²) in [6.45, 7) is 11.4. The molecule has 4 heteroatoms. The van der Waals surface area contributed by atoms with Gasteiger partial charge in [0.1, 0.15) is 0 Å². The number of nitrogens with one attached hydrogen (secondary N) is 1. The van der Waals surface area contributed by atoms with Crippen LogP contribution in [0.1, 0.15) is 20.8 Å². The molecule has 0 aromatic carbocycles. The largest absolute Gasteiger partial charge is 0.380 e. The summed E-state index contributed by atoms with van der Waals surface area (Å²) in [5.74, 6) is 0. The lowest BCUT2D eigenvalue weighted by molar-refractivity contribution is 0.0201. The highest BCUT2D eigenvalue weighted by molar-refractivity contribution is 4.45. The van der Waals surface area contributed by atoms with Gasteiger partial charge in [-0.25, -0.2) is 0 Å². The zero-order chi connectivity index (χ0) is 11.4. The Kier molecular flexibility index (Phi) is 11.8. The maximum Gasteiger partial charge on any atom is 0.0703 e. The Balaban J connectivity index is 2.87. The lowest BCUT2D eigenvalue weighted by Crippen LogP contribution is -2.24. The predicted octanol–water partition coefficient (Wildman–Crippen LogP) is 1.05. The maximum absolute atomic E-state index is 5.36. The van der Waals surface area contributed by atoms with Crippen molar-refractivity contribution in [2.24, 2.45) is 0 Å². The Labute approximate surface area is 93.3 Å². The van der Waals surface area contributed by atoms with Crippen LogP contribution in [0.25, 0.3) is 0 Å². The van der Waals surface area contributed by atoms with Crippen molar-refractivity contribution in [3.05, 3.63) is 0 Å². The lowest BCUT2D eigenvalue weighted by Gasteiger charge is -2.08. The second-order valence-electron chi connectivity index (χ2n) is 3.48. The van der Waals surface area contributed by atoms with E-state index in [9.17, 15) is 0 Å². The van der Waals surface area contributed by atoms with E-state index < -0.39 is 0 Å². The summed E-state index contributed by atoms with van der Waals surface area (Å²) in [5.41, 5.74) is 0. The molecule has 0 rings (SSSR count). The van der Waals surface area contributed by atoms with E-state index in [4.69, 9.17) is 14.2 Å². The Morgan fingerprint density at radius 3 is 2.20 bits per heavy atom. The fourth-order valence-electron chi connectivity index (χ4n) is 1.00. The van der Waals surface area contributed by atoms with Crippen LogP contribution in [-0.2, 0) is 14.2 Å². The smallest absolute Gasteiger partial charge is 0.0703 e. The molecule has 0 amide bonds. The number of rotatable bonds is 11. The summed E-state index contributed by atoms with van der Waals surface area (Å²) in [6.07, 6.45) is 0.290. The molecule has 0 heterocycles. The van der Waals surface area contributed by atoms with Crippen LogP contribution in [0.15, 0.2) is 0 Å². The number of ether oxygens (including phenoxy) is 3. The molecule has 0 saturated carbocycles. The van der Waals surface area contributed by atoms with Crippen LogP contribution in [-0.4, -0.2) is 52.2 Å². The molecule has 0 fully saturated rings. The zero-order valence-corrected chi connectivity index (χ0v) is 10.3. The minimum Gasteiger partial charge on any atom is -0.380 e. The third-order valence-corrected chi connectivity index (χ3v) is 1.73. The Morgan fingerprint density at radius 2 is 1.60 bits per heavy atom. The van der Waals surface area contributed by atoms with E-state index in [-0.39, 0.29) is 6.10 Å². The first-order chi connectivity index (χ1) is 7.27. The van der Waals surface area contributed by atoms with Crippen molar-refractivity contribution in [1.82, 2.24) is 5.32 Å². The quantitative estimate of drug-likeness (QED) is 0.527. The first-order valence-electron chi connectivity index (χ1n) is 5.75. The van der Waals surface area contributed by atoms with Crippen LogP contribution in [0.2, 0.25) is 0 Å². The summed E-state index contributed by atoms with van der Waals surface area (Å²) in [4.78, 5) is 0. The first kappa shape index (κ1) is 14.8. The molecule has 0 aliphatic carbocycles. The van der Waals surface area contributed by atoms with E-state index in [0.717, 1.165) is 32.9 Å². The van der Waals surface area contributed by atoms with Crippen LogP contribution in [0, 0.1) is 0 Å². The van der Waals surface area contributed by atoms with Crippen LogP contribution < -0.4 is 5.32 Å². The van der Waals surface area contributed by atoms with Gasteiger partial charge in [0.25, 0.3) is 0 Å². The summed E-state index contributed by atoms with van der Waals surface area (Å²) in [7, 11) is 0. The Bertz CT molecular complexity index is 120. The molecule has 0 unspecified atom stereocenters. The van der Waals surface area contributed by atoms with Crippen molar-refractivity contribution in [3.8, 4) is 0 Å². The van der Waals surface area contributed by atoms with Gasteiger partial charge in [-0.1, -0.05) is 0 Å². The van der Waals surface area contributed by atoms with Gasteiger partial charge in [0.05, 0.1) is 32.5 Å². The highest BCUT2D eigenvalue weighted by Gasteiger charge is 1.93. The van der Waals surface area contributed by atoms with Gasteiger partial charge in [-0.3, -0.25) is 0 Å². The normalized spacial score (nSPS) is 11.2. The average Bonchev–Trinajstić information content (AvgIpc) is 2.20. The molecule has 0 radical (unpaired) electrons. The van der Waals surface area contributed by atoms with E-state index in [0.29, 0.717) is 13.2 Å². The standard InChI is InChI=1S/C11H25NO3/c1-4-13-7-5-12-6-8-14-9-10-15-11(2)3/h11-12H,4-10H2,1-3H3. The molecule has 0 bridgehead atoms. The van der Waals surface area contributed by atoms with Gasteiger partial charge >= 0.3 is 0 Å². The van der Waals surface area contributed by atoms with Crippen molar-refractivity contribution in [2.45, 2.75) is 26.9 Å². The maximum atomic E-state index is 5.36. The summed E-state index contributed by atoms with van der Waals surface area (Å²) in [5, 5.41) is 3.23. The molecule has 0 aromatic heterocycles. The van der Waals surface area contributed by atoms with Gasteiger partial charge in [-0.2, -0.15) is 0 Å².